The molecule has 2 aromatic rings. The number of nitrogens with zero attached hydrogens (tertiary/aromatic N) is 1. The van der Waals surface area contributed by atoms with Crippen molar-refractivity contribution in [3.05, 3.63) is 72.3 Å². The molecule has 0 radical (unpaired) electrons. The van der Waals surface area contributed by atoms with Crippen molar-refractivity contribution in [3.8, 4) is 11.5 Å². The molecule has 8 nitrogen and oxygen atoms in total. The summed E-state index contributed by atoms with van der Waals surface area (Å²) in [6, 6.07) is 14.4. The van der Waals surface area contributed by atoms with Crippen LogP contribution in [0.1, 0.15) is 24.0 Å². The minimum Gasteiger partial charge on any atom is -0.497 e. The summed E-state index contributed by atoms with van der Waals surface area (Å²) in [4.78, 5) is 11.1. The Labute approximate surface area is 189 Å². The Morgan fingerprint density at radius 1 is 1.00 bits per heavy atom. The topological polar surface area (TPSA) is 108 Å². The standard InChI is InChI=1S/C23H30N2O6S/c1-4-5-6-22(17-31-23(24)26)32(27,28)25(15-18-7-11-20(29-2)12-8-18)16-19-9-13-21(30-3)14-10-19/h4,7-14,22H,1,5-6,15-17H2,2-3H3,(H2,24,26)/t22-/m0/s1. The van der Waals surface area contributed by atoms with Gasteiger partial charge in [-0.3, -0.25) is 0 Å². The summed E-state index contributed by atoms with van der Waals surface area (Å²) in [5.74, 6) is 1.36. The van der Waals surface area contributed by atoms with Crippen molar-refractivity contribution < 1.29 is 27.4 Å². The van der Waals surface area contributed by atoms with Crippen LogP contribution >= 0.6 is 0 Å². The number of hydrogen-bond donors (Lipinski definition) is 1. The maximum Gasteiger partial charge on any atom is 0.404 e. The Hall–Kier alpha value is -3.04. The Morgan fingerprint density at radius 3 is 1.84 bits per heavy atom. The summed E-state index contributed by atoms with van der Waals surface area (Å²) >= 11 is 0. The van der Waals surface area contributed by atoms with Gasteiger partial charge in [-0.25, -0.2) is 13.2 Å². The third-order valence-corrected chi connectivity index (χ3v) is 7.11. The monoisotopic (exact) mass is 462 g/mol. The molecule has 2 rings (SSSR count). The van der Waals surface area contributed by atoms with E-state index in [1.165, 1.54) is 4.31 Å². The van der Waals surface area contributed by atoms with Gasteiger partial charge in [-0.2, -0.15) is 4.31 Å². The molecule has 0 aliphatic carbocycles. The fourth-order valence-electron chi connectivity index (χ4n) is 3.11. The minimum atomic E-state index is -3.87. The summed E-state index contributed by atoms with van der Waals surface area (Å²) in [6.07, 6.45) is 1.32. The number of carbonyl (C=O) groups excluding carboxylic acids is 1. The predicted octanol–water partition coefficient (Wildman–Crippen LogP) is 3.47. The van der Waals surface area contributed by atoms with Crippen LogP contribution in [0.5, 0.6) is 11.5 Å². The first-order chi connectivity index (χ1) is 15.3. The Kier molecular flexibility index (Phi) is 9.55. The van der Waals surface area contributed by atoms with Crippen LogP contribution in [-0.2, 0) is 27.8 Å². The third-order valence-electron chi connectivity index (χ3n) is 4.92. The number of primary amides is 1. The zero-order chi connectivity index (χ0) is 23.6. The van der Waals surface area contributed by atoms with E-state index in [9.17, 15) is 13.2 Å². The molecule has 32 heavy (non-hydrogen) atoms. The van der Waals surface area contributed by atoms with Gasteiger partial charge in [-0.05, 0) is 48.2 Å². The second-order valence-corrected chi connectivity index (χ2v) is 9.34. The predicted molar refractivity (Wildman–Crippen MR) is 123 cm³/mol. The lowest BCUT2D eigenvalue weighted by atomic mass is 10.2. The van der Waals surface area contributed by atoms with E-state index in [-0.39, 0.29) is 26.1 Å². The summed E-state index contributed by atoms with van der Waals surface area (Å²) in [5, 5.41) is -0.954. The van der Waals surface area contributed by atoms with Gasteiger partial charge in [-0.15, -0.1) is 6.58 Å². The molecule has 1 amide bonds. The average molecular weight is 463 g/mol. The summed E-state index contributed by atoms with van der Waals surface area (Å²) < 4.78 is 43.8. The van der Waals surface area contributed by atoms with Gasteiger partial charge in [0.1, 0.15) is 23.4 Å². The van der Waals surface area contributed by atoms with Gasteiger partial charge in [-0.1, -0.05) is 30.3 Å². The number of amides is 1. The molecule has 0 saturated carbocycles. The van der Waals surface area contributed by atoms with Crippen molar-refractivity contribution in [2.75, 3.05) is 20.8 Å². The van der Waals surface area contributed by atoms with Crippen molar-refractivity contribution in [2.45, 2.75) is 31.2 Å². The molecule has 2 aromatic carbocycles. The van der Waals surface area contributed by atoms with Crippen molar-refractivity contribution in [2.24, 2.45) is 5.73 Å². The molecule has 0 heterocycles. The van der Waals surface area contributed by atoms with Gasteiger partial charge in [0.15, 0.2) is 0 Å². The number of allylic oxidation sites excluding steroid dienone is 1. The first-order valence-corrected chi connectivity index (χ1v) is 11.6. The van der Waals surface area contributed by atoms with E-state index < -0.39 is 21.4 Å². The van der Waals surface area contributed by atoms with E-state index in [0.29, 0.717) is 17.9 Å². The lowest BCUT2D eigenvalue weighted by Crippen LogP contribution is -2.41. The SMILES string of the molecule is C=CCC[C@@H](COC(N)=O)S(=O)(=O)N(Cc1ccc(OC)cc1)Cc1ccc(OC)cc1. The van der Waals surface area contributed by atoms with Crippen LogP contribution in [0, 0.1) is 0 Å². The quantitative estimate of drug-likeness (QED) is 0.457. The van der Waals surface area contributed by atoms with E-state index in [2.05, 4.69) is 6.58 Å². The van der Waals surface area contributed by atoms with Gasteiger partial charge in [0.25, 0.3) is 0 Å². The smallest absolute Gasteiger partial charge is 0.404 e. The zero-order valence-corrected chi connectivity index (χ0v) is 19.2. The molecular weight excluding hydrogens is 432 g/mol. The lowest BCUT2D eigenvalue weighted by Gasteiger charge is -2.27. The van der Waals surface area contributed by atoms with Crippen LogP contribution in [0.4, 0.5) is 4.79 Å². The molecule has 0 aromatic heterocycles. The van der Waals surface area contributed by atoms with Gasteiger partial charge in [0, 0.05) is 13.1 Å². The van der Waals surface area contributed by atoms with Gasteiger partial charge < -0.3 is 19.9 Å². The van der Waals surface area contributed by atoms with Crippen molar-refractivity contribution in [1.29, 1.82) is 0 Å². The van der Waals surface area contributed by atoms with Crippen LogP contribution < -0.4 is 15.2 Å². The highest BCUT2D eigenvalue weighted by Crippen LogP contribution is 2.23. The van der Waals surface area contributed by atoms with Crippen molar-refractivity contribution >= 4 is 16.1 Å². The minimum absolute atomic E-state index is 0.138. The van der Waals surface area contributed by atoms with Crippen LogP contribution in [0.2, 0.25) is 0 Å². The van der Waals surface area contributed by atoms with Gasteiger partial charge in [0.05, 0.1) is 14.2 Å². The molecule has 0 bridgehead atoms. The molecule has 0 unspecified atom stereocenters. The molecule has 2 N–H and O–H groups in total. The van der Waals surface area contributed by atoms with Crippen LogP contribution in [0.3, 0.4) is 0 Å². The fourth-order valence-corrected chi connectivity index (χ4v) is 4.87. The highest BCUT2D eigenvalue weighted by molar-refractivity contribution is 7.89. The zero-order valence-electron chi connectivity index (χ0n) is 18.4. The largest absolute Gasteiger partial charge is 0.497 e. The van der Waals surface area contributed by atoms with E-state index in [4.69, 9.17) is 19.9 Å². The van der Waals surface area contributed by atoms with E-state index in [0.717, 1.165) is 11.1 Å². The normalized spacial score (nSPS) is 12.2. The summed E-state index contributed by atoms with van der Waals surface area (Å²) in [6.45, 7) is 3.61. The molecule has 0 aliphatic heterocycles. The van der Waals surface area contributed by atoms with Gasteiger partial charge in [0.2, 0.25) is 10.0 Å². The number of benzene rings is 2. The number of nitrogens with two attached hydrogens (primary N) is 1. The first kappa shape index (κ1) is 25.2. The number of hydrogen-bond acceptors (Lipinski definition) is 6. The third kappa shape index (κ3) is 7.28. The second kappa shape index (κ2) is 12.1. The molecule has 0 saturated heterocycles. The molecule has 1 atom stereocenters. The van der Waals surface area contributed by atoms with Crippen LogP contribution in [0.15, 0.2) is 61.2 Å². The number of sulfonamides is 1. The fraction of sp³-hybridized carbons (Fsp3) is 0.348. The van der Waals surface area contributed by atoms with E-state index >= 15 is 0 Å². The van der Waals surface area contributed by atoms with Crippen LogP contribution in [0.25, 0.3) is 0 Å². The van der Waals surface area contributed by atoms with E-state index in [1.807, 2.05) is 24.3 Å². The summed E-state index contributed by atoms with van der Waals surface area (Å²) in [7, 11) is -0.733. The number of rotatable bonds is 13. The van der Waals surface area contributed by atoms with Gasteiger partial charge >= 0.3 is 6.09 Å². The lowest BCUT2D eigenvalue weighted by molar-refractivity contribution is 0.154. The molecule has 0 spiro atoms. The maximum absolute atomic E-state index is 13.6. The Balaban J connectivity index is 2.36. The van der Waals surface area contributed by atoms with Crippen molar-refractivity contribution in [1.82, 2.24) is 4.31 Å². The molecule has 0 aliphatic rings. The Morgan fingerprint density at radius 2 is 1.47 bits per heavy atom. The number of ether oxygens (including phenoxy) is 3. The van der Waals surface area contributed by atoms with Crippen molar-refractivity contribution in [3.63, 3.8) is 0 Å². The molecule has 9 heteroatoms. The molecular formula is C23H30N2O6S. The maximum atomic E-state index is 13.6. The second-order valence-electron chi connectivity index (χ2n) is 7.13. The van der Waals surface area contributed by atoms with Crippen LogP contribution in [-0.4, -0.2) is 44.9 Å². The average Bonchev–Trinajstić information content (AvgIpc) is 2.79. The number of carbonyl (C=O) groups is 1. The molecule has 174 valence electrons. The first-order valence-electron chi connectivity index (χ1n) is 10.1. The highest BCUT2D eigenvalue weighted by atomic mass is 32.2. The Bertz CT molecular complexity index is 925. The number of methoxy groups -OCH3 is 2. The highest BCUT2D eigenvalue weighted by Gasteiger charge is 2.33. The molecule has 0 fully saturated rings. The van der Waals surface area contributed by atoms with E-state index in [1.54, 1.807) is 44.6 Å². The summed E-state index contributed by atoms with van der Waals surface area (Å²) in [5.41, 5.74) is 6.66.